The summed E-state index contributed by atoms with van der Waals surface area (Å²) < 4.78 is 14.2. The van der Waals surface area contributed by atoms with Crippen LogP contribution in [-0.2, 0) is 10.5 Å². The fourth-order valence-electron chi connectivity index (χ4n) is 1.73. The maximum absolute atomic E-state index is 13.4. The van der Waals surface area contributed by atoms with Crippen molar-refractivity contribution in [3.05, 3.63) is 35.6 Å². The largest absolute Gasteiger partial charge is 0.360 e. The first-order valence-corrected chi connectivity index (χ1v) is 10.4. The Bertz CT molecular complexity index is 653. The van der Waals surface area contributed by atoms with Crippen molar-refractivity contribution in [1.82, 2.24) is 15.5 Å². The van der Waals surface area contributed by atoms with E-state index in [1.54, 1.807) is 23.9 Å². The highest BCUT2D eigenvalue weighted by atomic mass is 32.2. The molecular weight excluding hydrogens is 367 g/mol. The van der Waals surface area contributed by atoms with Crippen molar-refractivity contribution in [1.29, 1.82) is 0 Å². The Labute approximate surface area is 153 Å². The maximum atomic E-state index is 13.4. The topological polar surface area (TPSA) is 66.9 Å². The molecule has 130 valence electrons. The predicted molar refractivity (Wildman–Crippen MR) is 100 cm³/mol. The molecule has 1 amide bonds. The lowest BCUT2D eigenvalue weighted by Crippen LogP contribution is -2.27. The molecule has 0 bridgehead atoms. The molecule has 0 saturated carbocycles. The minimum absolute atomic E-state index is 0.0355. The van der Waals surface area contributed by atoms with Crippen LogP contribution >= 0.6 is 34.9 Å². The minimum Gasteiger partial charge on any atom is -0.360 e. The van der Waals surface area contributed by atoms with Gasteiger partial charge in [-0.3, -0.25) is 4.79 Å². The molecule has 2 N–H and O–H groups in total. The van der Waals surface area contributed by atoms with E-state index >= 15 is 0 Å². The molecule has 2 rings (SSSR count). The number of benzene rings is 1. The summed E-state index contributed by atoms with van der Waals surface area (Å²) in [5.41, 5.74) is 0.692. The summed E-state index contributed by atoms with van der Waals surface area (Å²) in [5, 5.41) is 14.7. The molecule has 0 aliphatic carbocycles. The first kappa shape index (κ1) is 19.0. The Hall–Kier alpha value is -1.32. The minimum atomic E-state index is -0.181. The number of carbonyl (C=O) groups is 1. The Kier molecular flexibility index (Phi) is 8.34. The second-order valence-electron chi connectivity index (χ2n) is 4.69. The lowest BCUT2D eigenvalue weighted by atomic mass is 10.2. The van der Waals surface area contributed by atoms with E-state index in [0.29, 0.717) is 23.6 Å². The number of nitrogens with zero attached hydrogens (tertiary/aromatic N) is 2. The third-order valence-corrected chi connectivity index (χ3v) is 5.87. The van der Waals surface area contributed by atoms with Crippen LogP contribution in [0.15, 0.2) is 28.6 Å². The average Bonchev–Trinajstić information content (AvgIpc) is 3.02. The van der Waals surface area contributed by atoms with Crippen LogP contribution in [0, 0.1) is 5.82 Å². The highest BCUT2D eigenvalue weighted by molar-refractivity contribution is 8.01. The molecule has 0 fully saturated rings. The quantitative estimate of drug-likeness (QED) is 0.483. The van der Waals surface area contributed by atoms with Crippen LogP contribution in [0.5, 0.6) is 0 Å². The highest BCUT2D eigenvalue weighted by Crippen LogP contribution is 2.24. The van der Waals surface area contributed by atoms with Gasteiger partial charge in [0.25, 0.3) is 0 Å². The maximum Gasteiger partial charge on any atom is 0.230 e. The molecule has 0 unspecified atom stereocenters. The van der Waals surface area contributed by atoms with Crippen molar-refractivity contribution >= 4 is 45.9 Å². The number of hydrogen-bond acceptors (Lipinski definition) is 7. The highest BCUT2D eigenvalue weighted by Gasteiger charge is 2.07. The van der Waals surface area contributed by atoms with E-state index in [0.717, 1.165) is 21.8 Å². The van der Waals surface area contributed by atoms with Gasteiger partial charge in [0.15, 0.2) is 4.34 Å². The van der Waals surface area contributed by atoms with E-state index in [9.17, 15) is 9.18 Å². The first-order valence-electron chi connectivity index (χ1n) is 7.47. The number of carbonyl (C=O) groups excluding carboxylic acids is 1. The molecule has 1 aromatic carbocycles. The number of thioether (sulfide) groups is 2. The number of aromatic nitrogens is 2. The van der Waals surface area contributed by atoms with Crippen molar-refractivity contribution in [3.8, 4) is 0 Å². The van der Waals surface area contributed by atoms with Gasteiger partial charge in [-0.05, 0) is 18.6 Å². The number of hydrogen-bond donors (Lipinski definition) is 2. The van der Waals surface area contributed by atoms with Crippen molar-refractivity contribution in [2.24, 2.45) is 0 Å². The third-order valence-electron chi connectivity index (χ3n) is 2.85. The zero-order valence-electron chi connectivity index (χ0n) is 13.3. The molecule has 9 heteroatoms. The molecule has 5 nitrogen and oxygen atoms in total. The molecule has 0 radical (unpaired) electrons. The van der Waals surface area contributed by atoms with E-state index in [4.69, 9.17) is 0 Å². The van der Waals surface area contributed by atoms with Crippen LogP contribution in [0.25, 0.3) is 0 Å². The van der Waals surface area contributed by atoms with Crippen molar-refractivity contribution in [2.75, 3.05) is 29.9 Å². The number of amides is 1. The van der Waals surface area contributed by atoms with Gasteiger partial charge in [-0.25, -0.2) is 4.39 Å². The van der Waals surface area contributed by atoms with E-state index < -0.39 is 0 Å². The number of halogens is 1. The van der Waals surface area contributed by atoms with E-state index in [-0.39, 0.29) is 11.7 Å². The van der Waals surface area contributed by atoms with Gasteiger partial charge < -0.3 is 10.6 Å². The predicted octanol–water partition coefficient (Wildman–Crippen LogP) is 3.25. The standard InChI is InChI=1S/C15H19FN4OS3/c1-2-17-14-19-20-15(24-14)23-10-13(21)18-7-8-22-9-11-5-3-4-6-12(11)16/h3-6H,2,7-10H2,1H3,(H,17,19)(H,18,21). The van der Waals surface area contributed by atoms with Crippen LogP contribution in [0.2, 0.25) is 0 Å². The fourth-order valence-corrected chi connectivity index (χ4v) is 4.22. The Morgan fingerprint density at radius 3 is 2.96 bits per heavy atom. The monoisotopic (exact) mass is 386 g/mol. The van der Waals surface area contributed by atoms with E-state index in [1.807, 2.05) is 13.0 Å². The number of anilines is 1. The van der Waals surface area contributed by atoms with E-state index in [1.165, 1.54) is 29.2 Å². The van der Waals surface area contributed by atoms with Crippen LogP contribution in [0.3, 0.4) is 0 Å². The average molecular weight is 387 g/mol. The summed E-state index contributed by atoms with van der Waals surface area (Å²) in [6.07, 6.45) is 0. The first-order chi connectivity index (χ1) is 11.7. The summed E-state index contributed by atoms with van der Waals surface area (Å²) in [4.78, 5) is 11.8. The molecule has 0 aliphatic heterocycles. The molecular formula is C15H19FN4OS3. The molecule has 2 aromatic rings. The molecule has 0 aliphatic rings. The number of rotatable bonds is 10. The summed E-state index contributed by atoms with van der Waals surface area (Å²) >= 11 is 4.41. The number of nitrogens with one attached hydrogen (secondary N) is 2. The third kappa shape index (κ3) is 6.66. The summed E-state index contributed by atoms with van der Waals surface area (Å²) in [5.74, 6) is 1.45. The van der Waals surface area contributed by atoms with E-state index in [2.05, 4.69) is 20.8 Å². The molecule has 0 saturated heterocycles. The lowest BCUT2D eigenvalue weighted by molar-refractivity contribution is -0.118. The zero-order valence-corrected chi connectivity index (χ0v) is 15.7. The lowest BCUT2D eigenvalue weighted by Gasteiger charge is -2.05. The Morgan fingerprint density at radius 2 is 2.17 bits per heavy atom. The summed E-state index contributed by atoms with van der Waals surface area (Å²) in [6, 6.07) is 6.75. The van der Waals surface area contributed by atoms with Gasteiger partial charge in [0.05, 0.1) is 5.75 Å². The summed E-state index contributed by atoms with van der Waals surface area (Å²) in [6.45, 7) is 3.35. The van der Waals surface area contributed by atoms with Crippen molar-refractivity contribution in [2.45, 2.75) is 17.0 Å². The Morgan fingerprint density at radius 1 is 1.33 bits per heavy atom. The molecule has 1 heterocycles. The van der Waals surface area contributed by atoms with Gasteiger partial charge in [-0.2, -0.15) is 11.8 Å². The van der Waals surface area contributed by atoms with Gasteiger partial charge in [0.1, 0.15) is 5.82 Å². The second-order valence-corrected chi connectivity index (χ2v) is 7.99. The van der Waals surface area contributed by atoms with Crippen molar-refractivity contribution in [3.63, 3.8) is 0 Å². The van der Waals surface area contributed by atoms with Crippen LogP contribution < -0.4 is 10.6 Å². The van der Waals surface area contributed by atoms with Crippen LogP contribution in [0.1, 0.15) is 12.5 Å². The van der Waals surface area contributed by atoms with Crippen LogP contribution in [0.4, 0.5) is 9.52 Å². The Balaban J connectivity index is 1.57. The SMILES string of the molecule is CCNc1nnc(SCC(=O)NCCSCc2ccccc2F)s1. The van der Waals surface area contributed by atoms with Gasteiger partial charge >= 0.3 is 0 Å². The molecule has 24 heavy (non-hydrogen) atoms. The smallest absolute Gasteiger partial charge is 0.230 e. The molecule has 0 spiro atoms. The normalized spacial score (nSPS) is 10.6. The zero-order chi connectivity index (χ0) is 17.2. The van der Waals surface area contributed by atoms with Gasteiger partial charge in [-0.1, -0.05) is 41.3 Å². The van der Waals surface area contributed by atoms with Gasteiger partial charge in [0.2, 0.25) is 11.0 Å². The van der Waals surface area contributed by atoms with Gasteiger partial charge in [0, 0.05) is 24.6 Å². The van der Waals surface area contributed by atoms with Gasteiger partial charge in [-0.15, -0.1) is 10.2 Å². The van der Waals surface area contributed by atoms with Crippen molar-refractivity contribution < 1.29 is 9.18 Å². The fraction of sp³-hybridized carbons (Fsp3) is 0.400. The second kappa shape index (κ2) is 10.5. The van der Waals surface area contributed by atoms with Crippen LogP contribution in [-0.4, -0.2) is 40.7 Å². The summed E-state index contributed by atoms with van der Waals surface area (Å²) in [7, 11) is 0. The molecule has 0 atom stereocenters. The molecule has 1 aromatic heterocycles.